The minimum atomic E-state index is -1.76. The summed E-state index contributed by atoms with van der Waals surface area (Å²) in [6, 6.07) is -9.17. The minimum absolute atomic E-state index is 0.0378. The third kappa shape index (κ3) is 22.9. The van der Waals surface area contributed by atoms with Gasteiger partial charge >= 0.3 is 11.9 Å². The molecule has 0 unspecified atom stereocenters. The number of likely N-dealkylation sites (tertiary alicyclic amines) is 1. The van der Waals surface area contributed by atoms with Crippen LogP contribution in [0.3, 0.4) is 0 Å². The number of hydrogen-bond donors (Lipinski definition) is 13. The number of aliphatic carboxylic acids is 2. The number of amides is 8. The second-order valence-corrected chi connectivity index (χ2v) is 17.5. The van der Waals surface area contributed by atoms with Crippen molar-refractivity contribution in [1.82, 2.24) is 42.1 Å². The first-order chi connectivity index (χ1) is 30.6. The molecule has 1 heterocycles. The molecule has 1 fully saturated rings. The maximum absolute atomic E-state index is 14.3. The molecule has 1 saturated heterocycles. The SMILES string of the molecule is CC(=O)NCSC[C@H](NC(=O)[C@H](CC(=O)O)NC(=O)[C@@H](NC(=O)[C@@H]1CCCN1C(=O)[C@H](CCCCN)NC(=O)[C@H](CCCN=C(N)N)NC(=O)[C@@H](N)CSCNC(C)=O)C(C)C)C(=O)O. The van der Waals surface area contributed by atoms with Crippen LogP contribution in [0.15, 0.2) is 4.99 Å². The summed E-state index contributed by atoms with van der Waals surface area (Å²) in [6.07, 6.45) is 0.923. The van der Waals surface area contributed by atoms with E-state index in [0.29, 0.717) is 19.3 Å². The van der Waals surface area contributed by atoms with Gasteiger partial charge in [-0.15, -0.1) is 23.5 Å². The van der Waals surface area contributed by atoms with Crippen molar-refractivity contribution in [1.29, 1.82) is 0 Å². The van der Waals surface area contributed by atoms with E-state index >= 15 is 0 Å². The zero-order valence-electron chi connectivity index (χ0n) is 37.2. The van der Waals surface area contributed by atoms with Gasteiger partial charge in [0.1, 0.15) is 36.3 Å². The van der Waals surface area contributed by atoms with E-state index in [2.05, 4.69) is 42.2 Å². The van der Waals surface area contributed by atoms with E-state index < -0.39 is 102 Å². The Labute approximate surface area is 386 Å². The van der Waals surface area contributed by atoms with Crippen LogP contribution in [-0.2, 0) is 47.9 Å². The summed E-state index contributed by atoms with van der Waals surface area (Å²) in [7, 11) is 0. The number of unbranched alkanes of at least 4 members (excludes halogenated alkanes) is 1. The zero-order chi connectivity index (χ0) is 49.2. The number of aliphatic imine (C=N–C) groups is 1. The lowest BCUT2D eigenvalue weighted by Crippen LogP contribution is -2.60. The van der Waals surface area contributed by atoms with Crippen LogP contribution in [-0.4, -0.2) is 165 Å². The lowest BCUT2D eigenvalue weighted by molar-refractivity contribution is -0.144. The number of carboxylic acids is 2. The molecular weight excluding hydrogens is 895 g/mol. The van der Waals surface area contributed by atoms with E-state index in [9.17, 15) is 58.2 Å². The van der Waals surface area contributed by atoms with Crippen LogP contribution in [0.5, 0.6) is 0 Å². The van der Waals surface area contributed by atoms with Gasteiger partial charge in [-0.25, -0.2) is 4.79 Å². The largest absolute Gasteiger partial charge is 0.481 e. The molecule has 0 aromatic heterocycles. The molecule has 1 aliphatic heterocycles. The van der Waals surface area contributed by atoms with Crippen molar-refractivity contribution < 1.29 is 58.2 Å². The second kappa shape index (κ2) is 30.7. The average molecular weight is 962 g/mol. The molecule has 17 N–H and O–H groups in total. The van der Waals surface area contributed by atoms with Crippen molar-refractivity contribution in [2.75, 3.05) is 42.9 Å². The van der Waals surface area contributed by atoms with Crippen LogP contribution in [0.1, 0.15) is 79.1 Å². The molecule has 0 aromatic carbocycles. The number of nitrogens with one attached hydrogen (secondary N) is 7. The summed E-state index contributed by atoms with van der Waals surface area (Å²) in [5.74, 6) is -9.04. The van der Waals surface area contributed by atoms with Gasteiger partial charge in [0.2, 0.25) is 47.3 Å². The highest BCUT2D eigenvalue weighted by Gasteiger charge is 2.40. The molecule has 368 valence electrons. The molecule has 1 rings (SSSR count). The highest BCUT2D eigenvalue weighted by molar-refractivity contribution is 7.99. The smallest absolute Gasteiger partial charge is 0.327 e. The molecular formula is C38H67N13O12S2. The third-order valence-corrected chi connectivity index (χ3v) is 11.5. The Balaban J connectivity index is 3.26. The van der Waals surface area contributed by atoms with Gasteiger partial charge in [-0.3, -0.25) is 48.1 Å². The van der Waals surface area contributed by atoms with Gasteiger partial charge in [0, 0.05) is 38.4 Å². The van der Waals surface area contributed by atoms with Crippen molar-refractivity contribution in [3.8, 4) is 0 Å². The predicted octanol–water partition coefficient (Wildman–Crippen LogP) is -4.22. The summed E-state index contributed by atoms with van der Waals surface area (Å²) < 4.78 is 0. The van der Waals surface area contributed by atoms with E-state index in [1.165, 1.54) is 30.5 Å². The van der Waals surface area contributed by atoms with Gasteiger partial charge in [-0.05, 0) is 57.4 Å². The Hall–Kier alpha value is -5.41. The average Bonchev–Trinajstić information content (AvgIpc) is 3.72. The molecule has 0 bridgehead atoms. The number of rotatable bonds is 31. The number of carbonyl (C=O) groups is 10. The fourth-order valence-corrected chi connectivity index (χ4v) is 7.91. The standard InChI is InChI=1S/C38H67N13O12S2/c1-20(2)30(35(60)48-26(15-29(54)55)33(58)49-27(37(62)63)17-65-19-45-22(4)53)50-34(59)28-11-8-14-51(28)36(61)25(9-5-6-12-39)47-32(57)24(10-7-13-43-38(41)42)46-31(56)23(40)16-64-18-44-21(3)52/h20,23-28,30H,5-19,39-40H2,1-4H3,(H,44,52)(H,45,53)(H,46,56)(H,47,57)(H,48,60)(H,49,58)(H,50,59)(H,54,55)(H,62,63)(H4,41,42,43)/t23-,24-,25-,26-,27-,28-,30-/m0/s1. The van der Waals surface area contributed by atoms with Crippen LogP contribution in [0.25, 0.3) is 0 Å². The number of nitrogens with two attached hydrogens (primary N) is 4. The van der Waals surface area contributed by atoms with Crippen molar-refractivity contribution >= 4 is 88.7 Å². The fraction of sp³-hybridized carbons (Fsp3) is 0.711. The lowest BCUT2D eigenvalue weighted by atomic mass is 10.0. The zero-order valence-corrected chi connectivity index (χ0v) is 38.9. The van der Waals surface area contributed by atoms with Gasteiger partial charge in [-0.1, -0.05) is 13.8 Å². The first kappa shape index (κ1) is 57.6. The first-order valence-corrected chi connectivity index (χ1v) is 23.3. The Morgan fingerprint density at radius 3 is 1.83 bits per heavy atom. The van der Waals surface area contributed by atoms with Crippen LogP contribution >= 0.6 is 23.5 Å². The Bertz CT molecular complexity index is 1690. The van der Waals surface area contributed by atoms with Gasteiger partial charge in [0.15, 0.2) is 5.96 Å². The second-order valence-electron chi connectivity index (χ2n) is 15.4. The van der Waals surface area contributed by atoms with Crippen LogP contribution < -0.4 is 60.2 Å². The normalized spacial score (nSPS) is 16.0. The molecule has 0 saturated carbocycles. The van der Waals surface area contributed by atoms with E-state index in [-0.39, 0.29) is 86.4 Å². The molecule has 7 atom stereocenters. The maximum Gasteiger partial charge on any atom is 0.327 e. The molecule has 8 amide bonds. The van der Waals surface area contributed by atoms with Crippen LogP contribution in [0, 0.1) is 5.92 Å². The Kier molecular flexibility index (Phi) is 27.2. The maximum atomic E-state index is 14.3. The summed E-state index contributed by atoms with van der Waals surface area (Å²) in [5.41, 5.74) is 22.7. The first-order valence-electron chi connectivity index (χ1n) is 21.0. The van der Waals surface area contributed by atoms with Crippen molar-refractivity contribution in [3.63, 3.8) is 0 Å². The number of guanidine groups is 1. The molecule has 0 aromatic rings. The monoisotopic (exact) mass is 961 g/mol. The van der Waals surface area contributed by atoms with Crippen molar-refractivity contribution in [2.45, 2.75) is 121 Å². The van der Waals surface area contributed by atoms with E-state index in [4.69, 9.17) is 22.9 Å². The number of carboxylic acid groups (broad SMARTS) is 2. The molecule has 27 heteroatoms. The van der Waals surface area contributed by atoms with Gasteiger partial charge in [0.05, 0.1) is 24.2 Å². The number of carbonyl (C=O) groups excluding carboxylic acids is 8. The van der Waals surface area contributed by atoms with Crippen molar-refractivity contribution in [2.24, 2.45) is 33.8 Å². The van der Waals surface area contributed by atoms with Crippen LogP contribution in [0.2, 0.25) is 0 Å². The molecule has 0 spiro atoms. The van der Waals surface area contributed by atoms with Gasteiger partial charge in [-0.2, -0.15) is 0 Å². The number of thioether (sulfide) groups is 2. The molecule has 0 aliphatic carbocycles. The van der Waals surface area contributed by atoms with E-state index in [1.54, 1.807) is 13.8 Å². The summed E-state index contributed by atoms with van der Waals surface area (Å²) in [4.78, 5) is 133. The Morgan fingerprint density at radius 2 is 1.28 bits per heavy atom. The third-order valence-electron chi connectivity index (χ3n) is 9.62. The highest BCUT2D eigenvalue weighted by atomic mass is 32.2. The lowest BCUT2D eigenvalue weighted by Gasteiger charge is -2.31. The van der Waals surface area contributed by atoms with E-state index in [1.807, 2.05) is 0 Å². The van der Waals surface area contributed by atoms with Gasteiger partial charge < -0.3 is 75.3 Å². The van der Waals surface area contributed by atoms with Gasteiger partial charge in [0.25, 0.3) is 0 Å². The Morgan fingerprint density at radius 1 is 0.723 bits per heavy atom. The quantitative estimate of drug-likeness (QED) is 0.0136. The molecule has 65 heavy (non-hydrogen) atoms. The molecule has 0 radical (unpaired) electrons. The van der Waals surface area contributed by atoms with E-state index in [0.717, 1.165) is 11.8 Å². The fourth-order valence-electron chi connectivity index (χ4n) is 6.20. The summed E-state index contributed by atoms with van der Waals surface area (Å²) in [5, 5.41) is 36.7. The summed E-state index contributed by atoms with van der Waals surface area (Å²) >= 11 is 2.17. The number of hydrogen-bond acceptors (Lipinski definition) is 15. The number of nitrogens with zero attached hydrogens (tertiary/aromatic N) is 2. The molecule has 25 nitrogen and oxygen atoms in total. The highest BCUT2D eigenvalue weighted by Crippen LogP contribution is 2.21. The van der Waals surface area contributed by atoms with Crippen molar-refractivity contribution in [3.05, 3.63) is 0 Å². The topological polar surface area (TPSA) is 415 Å². The predicted molar refractivity (Wildman–Crippen MR) is 242 cm³/mol. The molecule has 1 aliphatic rings. The van der Waals surface area contributed by atoms with Crippen LogP contribution in [0.4, 0.5) is 0 Å². The minimum Gasteiger partial charge on any atom is -0.481 e. The summed E-state index contributed by atoms with van der Waals surface area (Å²) in [6.45, 7) is 6.28.